The van der Waals surface area contributed by atoms with E-state index in [1.165, 1.54) is 0 Å². The lowest BCUT2D eigenvalue weighted by atomic mass is 9.91. The van der Waals surface area contributed by atoms with Gasteiger partial charge in [0.2, 0.25) is 0 Å². The highest BCUT2D eigenvalue weighted by Crippen LogP contribution is 2.23. The topological polar surface area (TPSA) is 58.6 Å². The van der Waals surface area contributed by atoms with Gasteiger partial charge in [-0.15, -0.1) is 0 Å². The number of aliphatic carboxylic acids is 1. The minimum atomic E-state index is -0.731. The zero-order chi connectivity index (χ0) is 12.7. The maximum absolute atomic E-state index is 11.3. The van der Waals surface area contributed by atoms with E-state index in [0.717, 1.165) is 25.4 Å². The molecular formula is C12H23NO3S. The van der Waals surface area contributed by atoms with Gasteiger partial charge in [0.1, 0.15) is 5.54 Å². The summed E-state index contributed by atoms with van der Waals surface area (Å²) < 4.78 is 5.10. The highest BCUT2D eigenvalue weighted by atomic mass is 32.2. The largest absolute Gasteiger partial charge is 0.480 e. The van der Waals surface area contributed by atoms with Crippen molar-refractivity contribution in [3.63, 3.8) is 0 Å². The standard InChI is InChI=1S/C12H23NO3S/c1-3-12(11(14)15,13-4-2)6-5-7-17-10-8-16-9-10/h10,13H,3-9H2,1-2H3,(H,14,15). The van der Waals surface area contributed by atoms with Crippen LogP contribution in [0.3, 0.4) is 0 Å². The van der Waals surface area contributed by atoms with Gasteiger partial charge < -0.3 is 15.2 Å². The van der Waals surface area contributed by atoms with E-state index in [1.807, 2.05) is 25.6 Å². The number of carboxylic acid groups (broad SMARTS) is 1. The van der Waals surface area contributed by atoms with Crippen LogP contribution in [-0.4, -0.2) is 47.4 Å². The van der Waals surface area contributed by atoms with Gasteiger partial charge in [-0.25, -0.2) is 0 Å². The number of thioether (sulfide) groups is 1. The van der Waals surface area contributed by atoms with Crippen molar-refractivity contribution >= 4 is 17.7 Å². The van der Waals surface area contributed by atoms with E-state index in [2.05, 4.69) is 5.32 Å². The third-order valence-electron chi connectivity index (χ3n) is 3.24. The molecule has 1 unspecified atom stereocenters. The predicted octanol–water partition coefficient (Wildman–Crippen LogP) is 1.74. The number of likely N-dealkylation sites (N-methyl/N-ethyl adjacent to an activating group) is 1. The Balaban J connectivity index is 2.29. The molecule has 0 spiro atoms. The van der Waals surface area contributed by atoms with Crippen LogP contribution in [0.2, 0.25) is 0 Å². The Labute approximate surface area is 107 Å². The molecule has 0 saturated carbocycles. The van der Waals surface area contributed by atoms with E-state index in [1.54, 1.807) is 0 Å². The summed E-state index contributed by atoms with van der Waals surface area (Å²) in [5.41, 5.74) is -0.731. The number of ether oxygens (including phenoxy) is 1. The van der Waals surface area contributed by atoms with E-state index >= 15 is 0 Å². The minimum absolute atomic E-state index is 0.632. The van der Waals surface area contributed by atoms with Gasteiger partial charge in [-0.05, 0) is 31.6 Å². The van der Waals surface area contributed by atoms with Crippen LogP contribution in [0.1, 0.15) is 33.1 Å². The second kappa shape index (κ2) is 7.24. The molecular weight excluding hydrogens is 238 g/mol. The number of nitrogens with one attached hydrogen (secondary N) is 1. The fourth-order valence-corrected chi connectivity index (χ4v) is 3.03. The monoisotopic (exact) mass is 261 g/mol. The third-order valence-corrected chi connectivity index (χ3v) is 4.50. The summed E-state index contributed by atoms with van der Waals surface area (Å²) in [5, 5.41) is 13.1. The molecule has 0 aliphatic carbocycles. The molecule has 5 heteroatoms. The normalized spacial score (nSPS) is 19.6. The Morgan fingerprint density at radius 2 is 2.24 bits per heavy atom. The van der Waals surface area contributed by atoms with Crippen molar-refractivity contribution in [2.45, 2.75) is 43.9 Å². The molecule has 2 N–H and O–H groups in total. The van der Waals surface area contributed by atoms with Crippen molar-refractivity contribution in [1.29, 1.82) is 0 Å². The van der Waals surface area contributed by atoms with Crippen LogP contribution in [0.25, 0.3) is 0 Å². The zero-order valence-electron chi connectivity index (χ0n) is 10.7. The van der Waals surface area contributed by atoms with Crippen LogP contribution in [0.15, 0.2) is 0 Å². The Bertz CT molecular complexity index is 246. The number of rotatable bonds is 9. The minimum Gasteiger partial charge on any atom is -0.480 e. The molecule has 0 radical (unpaired) electrons. The Hall–Kier alpha value is -0.260. The van der Waals surface area contributed by atoms with Gasteiger partial charge >= 0.3 is 5.97 Å². The fraction of sp³-hybridized carbons (Fsp3) is 0.917. The Morgan fingerprint density at radius 3 is 2.65 bits per heavy atom. The number of hydrogen-bond acceptors (Lipinski definition) is 4. The molecule has 4 nitrogen and oxygen atoms in total. The highest BCUT2D eigenvalue weighted by molar-refractivity contribution is 8.00. The van der Waals surface area contributed by atoms with Gasteiger partial charge in [-0.1, -0.05) is 13.8 Å². The smallest absolute Gasteiger partial charge is 0.323 e. The molecule has 0 amide bonds. The molecule has 1 heterocycles. The quantitative estimate of drug-likeness (QED) is 0.619. The SMILES string of the molecule is CCNC(CC)(CCCSC1COC1)C(=O)O. The third kappa shape index (κ3) is 4.16. The number of hydrogen-bond donors (Lipinski definition) is 2. The second-order valence-electron chi connectivity index (χ2n) is 4.40. The summed E-state index contributed by atoms with van der Waals surface area (Å²) in [4.78, 5) is 11.3. The van der Waals surface area contributed by atoms with Crippen molar-refractivity contribution in [2.24, 2.45) is 0 Å². The van der Waals surface area contributed by atoms with E-state index in [9.17, 15) is 9.90 Å². The van der Waals surface area contributed by atoms with Crippen LogP contribution in [0.4, 0.5) is 0 Å². The molecule has 1 rings (SSSR count). The van der Waals surface area contributed by atoms with E-state index in [0.29, 0.717) is 24.6 Å². The van der Waals surface area contributed by atoms with Crippen LogP contribution >= 0.6 is 11.8 Å². The molecule has 0 bridgehead atoms. The van der Waals surface area contributed by atoms with E-state index < -0.39 is 11.5 Å². The van der Waals surface area contributed by atoms with Gasteiger partial charge in [0, 0.05) is 0 Å². The van der Waals surface area contributed by atoms with Crippen molar-refractivity contribution in [3.8, 4) is 0 Å². The number of carbonyl (C=O) groups is 1. The van der Waals surface area contributed by atoms with Gasteiger partial charge in [0.05, 0.1) is 18.5 Å². The molecule has 17 heavy (non-hydrogen) atoms. The summed E-state index contributed by atoms with van der Waals surface area (Å²) in [5.74, 6) is 0.299. The maximum atomic E-state index is 11.3. The van der Waals surface area contributed by atoms with Gasteiger partial charge in [0.25, 0.3) is 0 Å². The zero-order valence-corrected chi connectivity index (χ0v) is 11.5. The summed E-state index contributed by atoms with van der Waals surface area (Å²) in [6.45, 7) is 6.30. The molecule has 1 fully saturated rings. The summed E-state index contributed by atoms with van der Waals surface area (Å²) in [7, 11) is 0. The molecule has 0 aromatic rings. The summed E-state index contributed by atoms with van der Waals surface area (Å²) in [6.07, 6.45) is 2.27. The molecule has 1 atom stereocenters. The van der Waals surface area contributed by atoms with Gasteiger partial charge in [-0.3, -0.25) is 4.79 Å². The van der Waals surface area contributed by atoms with Gasteiger partial charge in [0.15, 0.2) is 0 Å². The lowest BCUT2D eigenvalue weighted by Gasteiger charge is -2.30. The fourth-order valence-electron chi connectivity index (χ4n) is 2.00. The first-order valence-corrected chi connectivity index (χ1v) is 7.37. The van der Waals surface area contributed by atoms with Gasteiger partial charge in [-0.2, -0.15) is 11.8 Å². The Morgan fingerprint density at radius 1 is 1.53 bits per heavy atom. The molecule has 1 aliphatic rings. The predicted molar refractivity (Wildman–Crippen MR) is 70.6 cm³/mol. The van der Waals surface area contributed by atoms with Crippen LogP contribution in [0, 0.1) is 0 Å². The van der Waals surface area contributed by atoms with Crippen molar-refractivity contribution in [2.75, 3.05) is 25.5 Å². The lowest BCUT2D eigenvalue weighted by Crippen LogP contribution is -2.51. The van der Waals surface area contributed by atoms with Crippen molar-refractivity contribution in [3.05, 3.63) is 0 Å². The van der Waals surface area contributed by atoms with Crippen LogP contribution < -0.4 is 5.32 Å². The molecule has 1 aliphatic heterocycles. The van der Waals surface area contributed by atoms with Crippen LogP contribution in [0.5, 0.6) is 0 Å². The molecule has 1 saturated heterocycles. The molecule has 0 aromatic heterocycles. The first kappa shape index (κ1) is 14.8. The average molecular weight is 261 g/mol. The highest BCUT2D eigenvalue weighted by Gasteiger charge is 2.35. The first-order chi connectivity index (χ1) is 8.14. The van der Waals surface area contributed by atoms with Crippen LogP contribution in [-0.2, 0) is 9.53 Å². The van der Waals surface area contributed by atoms with E-state index in [-0.39, 0.29) is 0 Å². The maximum Gasteiger partial charge on any atom is 0.323 e. The summed E-state index contributed by atoms with van der Waals surface area (Å²) in [6, 6.07) is 0. The second-order valence-corrected chi connectivity index (χ2v) is 5.81. The number of carboxylic acids is 1. The Kier molecular flexibility index (Phi) is 6.30. The average Bonchev–Trinajstić information content (AvgIpc) is 2.24. The van der Waals surface area contributed by atoms with E-state index in [4.69, 9.17) is 4.74 Å². The molecule has 0 aromatic carbocycles. The first-order valence-electron chi connectivity index (χ1n) is 6.32. The van der Waals surface area contributed by atoms with Crippen molar-refractivity contribution in [1.82, 2.24) is 5.32 Å². The lowest BCUT2D eigenvalue weighted by molar-refractivity contribution is -0.145. The molecule has 100 valence electrons. The van der Waals surface area contributed by atoms with Crippen molar-refractivity contribution < 1.29 is 14.6 Å². The summed E-state index contributed by atoms with van der Waals surface area (Å²) >= 11 is 1.90.